The molecule has 0 aromatic heterocycles. The van der Waals surface area contributed by atoms with E-state index < -0.39 is 0 Å². The molecule has 0 saturated carbocycles. The molecule has 0 bridgehead atoms. The highest BCUT2D eigenvalue weighted by Gasteiger charge is 2.18. The van der Waals surface area contributed by atoms with Crippen LogP contribution < -0.4 is 14.8 Å². The van der Waals surface area contributed by atoms with E-state index in [1.54, 1.807) is 14.2 Å². The van der Waals surface area contributed by atoms with Crippen molar-refractivity contribution in [3.63, 3.8) is 0 Å². The summed E-state index contributed by atoms with van der Waals surface area (Å²) in [6, 6.07) is 6.29. The zero-order valence-electron chi connectivity index (χ0n) is 14.1. The van der Waals surface area contributed by atoms with Gasteiger partial charge in [-0.3, -0.25) is 0 Å². The molecular formula is C17H30N2O2. The number of benzene rings is 1. The van der Waals surface area contributed by atoms with Crippen molar-refractivity contribution < 1.29 is 9.47 Å². The van der Waals surface area contributed by atoms with E-state index in [4.69, 9.17) is 9.47 Å². The van der Waals surface area contributed by atoms with Gasteiger partial charge < -0.3 is 19.7 Å². The molecule has 1 unspecified atom stereocenters. The Labute approximate surface area is 129 Å². The molecule has 0 radical (unpaired) electrons. The van der Waals surface area contributed by atoms with Crippen LogP contribution in [0.2, 0.25) is 0 Å². The maximum atomic E-state index is 5.53. The van der Waals surface area contributed by atoms with Crippen molar-refractivity contribution in [2.24, 2.45) is 0 Å². The van der Waals surface area contributed by atoms with Gasteiger partial charge in [0, 0.05) is 24.2 Å². The molecule has 120 valence electrons. The summed E-state index contributed by atoms with van der Waals surface area (Å²) in [5.74, 6) is 1.70. The first kappa shape index (κ1) is 17.8. The summed E-state index contributed by atoms with van der Waals surface area (Å²) in [6.45, 7) is 7.70. The van der Waals surface area contributed by atoms with Crippen LogP contribution in [0.1, 0.15) is 38.3 Å². The molecule has 0 fully saturated rings. The van der Waals surface area contributed by atoms with Gasteiger partial charge in [-0.2, -0.15) is 0 Å². The second kappa shape index (κ2) is 9.64. The molecule has 1 rings (SSSR count). The van der Waals surface area contributed by atoms with Crippen molar-refractivity contribution in [1.82, 2.24) is 10.2 Å². The fourth-order valence-electron chi connectivity index (χ4n) is 2.64. The molecule has 0 saturated heterocycles. The van der Waals surface area contributed by atoms with Crippen LogP contribution in [0.25, 0.3) is 0 Å². The fourth-order valence-corrected chi connectivity index (χ4v) is 2.64. The number of ether oxygens (including phenoxy) is 2. The van der Waals surface area contributed by atoms with Crippen molar-refractivity contribution in [1.29, 1.82) is 0 Å². The number of hydrogen-bond acceptors (Lipinski definition) is 4. The van der Waals surface area contributed by atoms with Crippen molar-refractivity contribution in [3.8, 4) is 11.5 Å². The Hall–Kier alpha value is -1.26. The Morgan fingerprint density at radius 2 is 1.76 bits per heavy atom. The Bertz CT molecular complexity index is 404. The molecular weight excluding hydrogens is 264 g/mol. The minimum Gasteiger partial charge on any atom is -0.497 e. The first-order valence-corrected chi connectivity index (χ1v) is 7.81. The lowest BCUT2D eigenvalue weighted by Crippen LogP contribution is -2.35. The summed E-state index contributed by atoms with van der Waals surface area (Å²) in [5, 5.41) is 3.42. The smallest absolute Gasteiger partial charge is 0.127 e. The molecule has 1 aromatic rings. The largest absolute Gasteiger partial charge is 0.497 e. The lowest BCUT2D eigenvalue weighted by Gasteiger charge is -2.28. The third-order valence-corrected chi connectivity index (χ3v) is 3.68. The summed E-state index contributed by atoms with van der Waals surface area (Å²) < 4.78 is 10.8. The molecule has 0 aliphatic carbocycles. The predicted molar refractivity (Wildman–Crippen MR) is 88.4 cm³/mol. The average Bonchev–Trinajstić information content (AvgIpc) is 2.52. The molecule has 0 amide bonds. The number of rotatable bonds is 10. The van der Waals surface area contributed by atoms with Gasteiger partial charge >= 0.3 is 0 Å². The van der Waals surface area contributed by atoms with Gasteiger partial charge in [-0.1, -0.05) is 19.9 Å². The number of methoxy groups -OCH3 is 2. The van der Waals surface area contributed by atoms with Gasteiger partial charge in [0.25, 0.3) is 0 Å². The number of hydrogen-bond donors (Lipinski definition) is 1. The van der Waals surface area contributed by atoms with Crippen LogP contribution in [0.4, 0.5) is 0 Å². The Morgan fingerprint density at radius 3 is 2.24 bits per heavy atom. The second-order valence-corrected chi connectivity index (χ2v) is 5.25. The summed E-state index contributed by atoms with van der Waals surface area (Å²) in [4.78, 5) is 2.50. The van der Waals surface area contributed by atoms with Crippen molar-refractivity contribution in [3.05, 3.63) is 23.8 Å². The summed E-state index contributed by atoms with van der Waals surface area (Å²) in [7, 11) is 5.39. The first-order valence-electron chi connectivity index (χ1n) is 7.81. The monoisotopic (exact) mass is 294 g/mol. The van der Waals surface area contributed by atoms with Crippen LogP contribution in [0.3, 0.4) is 0 Å². The maximum absolute atomic E-state index is 5.53. The third kappa shape index (κ3) is 5.21. The van der Waals surface area contributed by atoms with Gasteiger partial charge in [0.15, 0.2) is 0 Å². The predicted octanol–water partition coefficient (Wildman–Crippen LogP) is 3.09. The number of nitrogens with one attached hydrogen (secondary N) is 1. The highest BCUT2D eigenvalue weighted by atomic mass is 16.5. The van der Waals surface area contributed by atoms with Gasteiger partial charge in [0.1, 0.15) is 11.5 Å². The van der Waals surface area contributed by atoms with Gasteiger partial charge in [-0.25, -0.2) is 0 Å². The number of likely N-dealkylation sites (N-methyl/N-ethyl adjacent to an activating group) is 1. The maximum Gasteiger partial charge on any atom is 0.127 e. The molecule has 21 heavy (non-hydrogen) atoms. The van der Waals surface area contributed by atoms with E-state index in [1.807, 2.05) is 19.2 Å². The SMILES string of the molecule is CCCN(CCC)CC(NC)c1ccc(OC)cc1OC. The second-order valence-electron chi connectivity index (χ2n) is 5.25. The van der Waals surface area contributed by atoms with E-state index in [1.165, 1.54) is 18.4 Å². The molecule has 0 aliphatic heterocycles. The third-order valence-electron chi connectivity index (χ3n) is 3.68. The van der Waals surface area contributed by atoms with E-state index in [0.717, 1.165) is 31.1 Å². The minimum absolute atomic E-state index is 0.254. The Morgan fingerprint density at radius 1 is 1.10 bits per heavy atom. The van der Waals surface area contributed by atoms with E-state index in [-0.39, 0.29) is 6.04 Å². The van der Waals surface area contributed by atoms with Crippen molar-refractivity contribution in [2.45, 2.75) is 32.7 Å². The van der Waals surface area contributed by atoms with E-state index in [2.05, 4.69) is 30.1 Å². The number of nitrogens with zero attached hydrogens (tertiary/aromatic N) is 1. The minimum atomic E-state index is 0.254. The fraction of sp³-hybridized carbons (Fsp3) is 0.647. The van der Waals surface area contributed by atoms with Crippen LogP contribution in [0, 0.1) is 0 Å². The molecule has 0 spiro atoms. The van der Waals surface area contributed by atoms with Gasteiger partial charge in [-0.05, 0) is 39.0 Å². The standard InChI is InChI=1S/C17H30N2O2/c1-6-10-19(11-7-2)13-16(18-3)15-9-8-14(20-4)12-17(15)21-5/h8-9,12,16,18H,6-7,10-11,13H2,1-5H3. The van der Waals surface area contributed by atoms with E-state index in [9.17, 15) is 0 Å². The zero-order chi connectivity index (χ0) is 15.7. The van der Waals surface area contributed by atoms with Crippen molar-refractivity contribution in [2.75, 3.05) is 40.9 Å². The Balaban J connectivity index is 2.92. The summed E-state index contributed by atoms with van der Waals surface area (Å²) >= 11 is 0. The normalized spacial score (nSPS) is 12.5. The van der Waals surface area contributed by atoms with Crippen LogP contribution >= 0.6 is 0 Å². The molecule has 0 aliphatic rings. The average molecular weight is 294 g/mol. The zero-order valence-corrected chi connectivity index (χ0v) is 14.1. The van der Waals surface area contributed by atoms with Gasteiger partial charge in [0.05, 0.1) is 14.2 Å². The van der Waals surface area contributed by atoms with Crippen molar-refractivity contribution >= 4 is 0 Å². The van der Waals surface area contributed by atoms with Crippen LogP contribution in [-0.4, -0.2) is 45.8 Å². The lowest BCUT2D eigenvalue weighted by atomic mass is 10.0. The first-order chi connectivity index (χ1) is 10.2. The molecule has 4 heteroatoms. The highest BCUT2D eigenvalue weighted by molar-refractivity contribution is 5.42. The van der Waals surface area contributed by atoms with Crippen LogP contribution in [0.5, 0.6) is 11.5 Å². The van der Waals surface area contributed by atoms with Crippen LogP contribution in [-0.2, 0) is 0 Å². The molecule has 1 N–H and O–H groups in total. The van der Waals surface area contributed by atoms with Gasteiger partial charge in [0.2, 0.25) is 0 Å². The molecule has 1 aromatic carbocycles. The Kier molecular flexibility index (Phi) is 8.16. The molecule has 4 nitrogen and oxygen atoms in total. The topological polar surface area (TPSA) is 33.7 Å². The quantitative estimate of drug-likeness (QED) is 0.719. The highest BCUT2D eigenvalue weighted by Crippen LogP contribution is 2.29. The lowest BCUT2D eigenvalue weighted by molar-refractivity contribution is 0.244. The van der Waals surface area contributed by atoms with Crippen LogP contribution in [0.15, 0.2) is 18.2 Å². The molecule has 1 atom stereocenters. The van der Waals surface area contributed by atoms with Gasteiger partial charge in [-0.15, -0.1) is 0 Å². The van der Waals surface area contributed by atoms with E-state index >= 15 is 0 Å². The van der Waals surface area contributed by atoms with E-state index in [0.29, 0.717) is 0 Å². The molecule has 0 heterocycles. The summed E-state index contributed by atoms with van der Waals surface area (Å²) in [5.41, 5.74) is 1.18. The summed E-state index contributed by atoms with van der Waals surface area (Å²) in [6.07, 6.45) is 2.35.